The second kappa shape index (κ2) is 8.52. The molecule has 1 heterocycles. The van der Waals surface area contributed by atoms with E-state index in [-0.39, 0.29) is 18.1 Å². The fourth-order valence-electron chi connectivity index (χ4n) is 2.77. The summed E-state index contributed by atoms with van der Waals surface area (Å²) in [7, 11) is 4.02. The number of nitrogens with one attached hydrogen (secondary N) is 1. The van der Waals surface area contributed by atoms with Crippen molar-refractivity contribution in [2.75, 3.05) is 40.4 Å². The van der Waals surface area contributed by atoms with Gasteiger partial charge in [0.05, 0.1) is 12.6 Å². The van der Waals surface area contributed by atoms with Crippen LogP contribution in [0.15, 0.2) is 24.3 Å². The van der Waals surface area contributed by atoms with E-state index in [1.165, 1.54) is 0 Å². The molecule has 1 aliphatic heterocycles. The minimum absolute atomic E-state index is 0.0242. The molecular weight excluding hydrogens is 314 g/mol. The van der Waals surface area contributed by atoms with Gasteiger partial charge in [-0.05, 0) is 45.1 Å². The summed E-state index contributed by atoms with van der Waals surface area (Å²) < 4.78 is 5.45. The molecule has 2 rings (SSSR count). The molecule has 0 saturated carbocycles. The number of carbonyl (C=O) groups excluding carboxylic acids is 1. The molecule has 2 amide bonds. The van der Waals surface area contributed by atoms with Crippen molar-refractivity contribution in [1.82, 2.24) is 15.1 Å². The molecule has 0 spiro atoms. The summed E-state index contributed by atoms with van der Waals surface area (Å²) in [5, 5.41) is 3.78. The van der Waals surface area contributed by atoms with Gasteiger partial charge < -0.3 is 19.9 Å². The van der Waals surface area contributed by atoms with Gasteiger partial charge in [0.25, 0.3) is 0 Å². The van der Waals surface area contributed by atoms with Crippen LogP contribution in [0, 0.1) is 0 Å². The number of rotatable bonds is 4. The van der Waals surface area contributed by atoms with Crippen molar-refractivity contribution >= 4 is 17.6 Å². The predicted octanol–water partition coefficient (Wildman–Crippen LogP) is 2.76. The van der Waals surface area contributed by atoms with E-state index in [1.54, 1.807) is 0 Å². The lowest BCUT2D eigenvalue weighted by molar-refractivity contribution is 0.141. The maximum absolute atomic E-state index is 12.5. The number of carbonyl (C=O) groups is 1. The van der Waals surface area contributed by atoms with Gasteiger partial charge in [0, 0.05) is 30.8 Å². The molecule has 0 radical (unpaired) electrons. The number of urea groups is 1. The number of hydrogen-bond donors (Lipinski definition) is 1. The average molecular weight is 340 g/mol. The quantitative estimate of drug-likeness (QED) is 0.917. The number of halogens is 1. The Labute approximate surface area is 143 Å². The Morgan fingerprint density at radius 2 is 2.09 bits per heavy atom. The maximum Gasteiger partial charge on any atom is 0.317 e. The molecule has 1 saturated heterocycles. The van der Waals surface area contributed by atoms with Gasteiger partial charge in [-0.25, -0.2) is 4.79 Å². The Balaban J connectivity index is 1.98. The minimum atomic E-state index is -0.0242. The second-order valence-electron chi connectivity index (χ2n) is 6.16. The van der Waals surface area contributed by atoms with Crippen molar-refractivity contribution in [3.63, 3.8) is 0 Å². The molecule has 6 heteroatoms. The van der Waals surface area contributed by atoms with Crippen molar-refractivity contribution in [3.05, 3.63) is 34.9 Å². The molecule has 2 atom stereocenters. The Hall–Kier alpha value is -1.30. The summed E-state index contributed by atoms with van der Waals surface area (Å²) in [6.07, 6.45) is 0.877. The number of benzene rings is 1. The van der Waals surface area contributed by atoms with Gasteiger partial charge in [-0.2, -0.15) is 0 Å². The van der Waals surface area contributed by atoms with Crippen LogP contribution in [0.1, 0.15) is 24.9 Å². The van der Waals surface area contributed by atoms with Crippen molar-refractivity contribution in [3.8, 4) is 0 Å². The van der Waals surface area contributed by atoms with E-state index in [4.69, 9.17) is 16.3 Å². The highest BCUT2D eigenvalue weighted by Gasteiger charge is 2.23. The molecule has 1 aromatic carbocycles. The highest BCUT2D eigenvalue weighted by atomic mass is 35.5. The van der Waals surface area contributed by atoms with Gasteiger partial charge >= 0.3 is 6.03 Å². The van der Waals surface area contributed by atoms with Crippen LogP contribution in [0.3, 0.4) is 0 Å². The van der Waals surface area contributed by atoms with Gasteiger partial charge in [-0.15, -0.1) is 0 Å². The summed E-state index contributed by atoms with van der Waals surface area (Å²) in [4.78, 5) is 16.5. The normalized spacial score (nSPS) is 20.2. The lowest BCUT2D eigenvalue weighted by atomic mass is 10.1. The zero-order valence-corrected chi connectivity index (χ0v) is 14.8. The smallest absolute Gasteiger partial charge is 0.317 e. The van der Waals surface area contributed by atoms with Crippen LogP contribution in [-0.2, 0) is 4.74 Å². The second-order valence-corrected chi connectivity index (χ2v) is 6.60. The number of ether oxygens (including phenoxy) is 1. The minimum Gasteiger partial charge on any atom is -0.380 e. The van der Waals surface area contributed by atoms with E-state index in [9.17, 15) is 4.79 Å². The molecule has 5 nitrogen and oxygen atoms in total. The van der Waals surface area contributed by atoms with Gasteiger partial charge in [0.15, 0.2) is 0 Å². The van der Waals surface area contributed by atoms with Gasteiger partial charge in [0.1, 0.15) is 0 Å². The standard InChI is InChI=1S/C17H26ClN3O2/c1-13-8-10-23-11-9-21(13)17(22)19-12-16(20(2)3)14-4-6-15(18)7-5-14/h4-7,13,16H,8-12H2,1-3H3,(H,19,22)/t13-,16+/m1/s1. The van der Waals surface area contributed by atoms with E-state index in [0.29, 0.717) is 24.7 Å². The maximum atomic E-state index is 12.5. The fourth-order valence-corrected chi connectivity index (χ4v) is 2.89. The van der Waals surface area contributed by atoms with E-state index < -0.39 is 0 Å². The Kier molecular flexibility index (Phi) is 6.69. The topological polar surface area (TPSA) is 44.8 Å². The molecule has 1 aliphatic rings. The summed E-state index contributed by atoms with van der Waals surface area (Å²) in [5.41, 5.74) is 1.13. The lowest BCUT2D eigenvalue weighted by Crippen LogP contribution is -2.47. The van der Waals surface area contributed by atoms with Crippen LogP contribution in [0.25, 0.3) is 0 Å². The summed E-state index contributed by atoms with van der Waals surface area (Å²) >= 11 is 5.95. The first-order chi connectivity index (χ1) is 11.0. The zero-order valence-electron chi connectivity index (χ0n) is 14.1. The first-order valence-corrected chi connectivity index (χ1v) is 8.41. The summed E-state index contributed by atoms with van der Waals surface area (Å²) in [6.45, 7) is 4.58. The largest absolute Gasteiger partial charge is 0.380 e. The summed E-state index contributed by atoms with van der Waals surface area (Å²) in [5.74, 6) is 0. The molecule has 23 heavy (non-hydrogen) atoms. The number of likely N-dealkylation sites (N-methyl/N-ethyl adjacent to an activating group) is 1. The van der Waals surface area contributed by atoms with E-state index in [2.05, 4.69) is 17.1 Å². The van der Waals surface area contributed by atoms with Gasteiger partial charge in [-0.1, -0.05) is 23.7 Å². The molecule has 1 N–H and O–H groups in total. The lowest BCUT2D eigenvalue weighted by Gasteiger charge is -2.29. The number of amides is 2. The van der Waals surface area contributed by atoms with Crippen LogP contribution in [0.4, 0.5) is 4.79 Å². The van der Waals surface area contributed by atoms with E-state index in [0.717, 1.165) is 18.6 Å². The third-order valence-corrected chi connectivity index (χ3v) is 4.53. The predicted molar refractivity (Wildman–Crippen MR) is 92.9 cm³/mol. The van der Waals surface area contributed by atoms with Crippen LogP contribution in [0.5, 0.6) is 0 Å². The molecule has 0 aliphatic carbocycles. The van der Waals surface area contributed by atoms with Crippen LogP contribution in [-0.4, -0.2) is 62.3 Å². The monoisotopic (exact) mass is 339 g/mol. The third-order valence-electron chi connectivity index (χ3n) is 4.27. The van der Waals surface area contributed by atoms with Crippen LogP contribution >= 0.6 is 11.6 Å². The molecule has 0 bridgehead atoms. The third kappa shape index (κ3) is 5.09. The fraction of sp³-hybridized carbons (Fsp3) is 0.588. The molecule has 1 fully saturated rings. The molecule has 0 unspecified atom stereocenters. The Morgan fingerprint density at radius 3 is 2.74 bits per heavy atom. The van der Waals surface area contributed by atoms with E-state index in [1.807, 2.05) is 43.3 Å². The summed E-state index contributed by atoms with van der Waals surface area (Å²) in [6, 6.07) is 8.04. The van der Waals surface area contributed by atoms with Crippen molar-refractivity contribution in [2.24, 2.45) is 0 Å². The van der Waals surface area contributed by atoms with Crippen molar-refractivity contribution < 1.29 is 9.53 Å². The van der Waals surface area contributed by atoms with Gasteiger partial charge in [0.2, 0.25) is 0 Å². The van der Waals surface area contributed by atoms with Crippen molar-refractivity contribution in [2.45, 2.75) is 25.4 Å². The highest BCUT2D eigenvalue weighted by molar-refractivity contribution is 6.30. The Bertz CT molecular complexity index is 507. The molecular formula is C17H26ClN3O2. The number of nitrogens with zero attached hydrogens (tertiary/aromatic N) is 2. The Morgan fingerprint density at radius 1 is 1.39 bits per heavy atom. The molecule has 1 aromatic rings. The van der Waals surface area contributed by atoms with Crippen LogP contribution < -0.4 is 5.32 Å². The average Bonchev–Trinajstić information content (AvgIpc) is 2.73. The molecule has 0 aromatic heterocycles. The first-order valence-electron chi connectivity index (χ1n) is 8.03. The van der Waals surface area contributed by atoms with Gasteiger partial charge in [-0.3, -0.25) is 0 Å². The first kappa shape index (κ1) is 18.0. The number of hydrogen-bond acceptors (Lipinski definition) is 3. The van der Waals surface area contributed by atoms with Crippen LogP contribution in [0.2, 0.25) is 5.02 Å². The van der Waals surface area contributed by atoms with E-state index >= 15 is 0 Å². The zero-order chi connectivity index (χ0) is 16.8. The molecule has 128 valence electrons. The highest BCUT2D eigenvalue weighted by Crippen LogP contribution is 2.20. The SMILES string of the molecule is C[C@@H]1CCOCCN1C(=O)NC[C@@H](c1ccc(Cl)cc1)N(C)C. The van der Waals surface area contributed by atoms with Crippen molar-refractivity contribution in [1.29, 1.82) is 0 Å².